The molecule has 0 radical (unpaired) electrons. The van der Waals surface area contributed by atoms with Crippen LogP contribution in [0.1, 0.15) is 30.8 Å². The lowest BCUT2D eigenvalue weighted by Crippen LogP contribution is -2.16. The Labute approximate surface area is 83.0 Å². The van der Waals surface area contributed by atoms with E-state index in [2.05, 4.69) is 24.4 Å². The number of hydrogen-bond donors (Lipinski definition) is 1. The van der Waals surface area contributed by atoms with Crippen LogP contribution in [0.25, 0.3) is 0 Å². The molecule has 1 aromatic rings. The first kappa shape index (κ1) is 10.5. The SMILES string of the molecule is CC(C)C/C=N\NC(=O)c1ccco1. The van der Waals surface area contributed by atoms with Gasteiger partial charge in [0.05, 0.1) is 6.26 Å². The van der Waals surface area contributed by atoms with Crippen molar-refractivity contribution in [3.05, 3.63) is 24.2 Å². The minimum Gasteiger partial charge on any atom is -0.459 e. The van der Waals surface area contributed by atoms with Gasteiger partial charge >= 0.3 is 5.91 Å². The summed E-state index contributed by atoms with van der Waals surface area (Å²) in [5.74, 6) is 0.487. The van der Waals surface area contributed by atoms with E-state index in [1.807, 2.05) is 0 Å². The normalized spacial score (nSPS) is 11.1. The topological polar surface area (TPSA) is 54.6 Å². The van der Waals surface area contributed by atoms with Crippen LogP contribution in [0.2, 0.25) is 0 Å². The molecule has 1 aromatic heterocycles. The summed E-state index contributed by atoms with van der Waals surface area (Å²) in [4.78, 5) is 11.2. The molecule has 0 saturated heterocycles. The Bertz CT molecular complexity index is 302. The Morgan fingerprint density at radius 3 is 3.07 bits per heavy atom. The molecule has 1 heterocycles. The molecule has 0 spiro atoms. The molecule has 0 aliphatic carbocycles. The van der Waals surface area contributed by atoms with E-state index in [1.54, 1.807) is 18.3 Å². The zero-order valence-corrected chi connectivity index (χ0v) is 8.36. The van der Waals surface area contributed by atoms with Gasteiger partial charge in [-0.2, -0.15) is 5.10 Å². The molecule has 0 fully saturated rings. The summed E-state index contributed by atoms with van der Waals surface area (Å²) in [7, 11) is 0. The Balaban J connectivity index is 2.32. The van der Waals surface area contributed by atoms with E-state index in [1.165, 1.54) is 6.26 Å². The van der Waals surface area contributed by atoms with E-state index < -0.39 is 0 Å². The van der Waals surface area contributed by atoms with Crippen molar-refractivity contribution in [2.75, 3.05) is 0 Å². The van der Waals surface area contributed by atoms with Crippen LogP contribution in [0.5, 0.6) is 0 Å². The summed E-state index contributed by atoms with van der Waals surface area (Å²) < 4.78 is 4.89. The van der Waals surface area contributed by atoms with Crippen molar-refractivity contribution in [1.29, 1.82) is 0 Å². The largest absolute Gasteiger partial charge is 0.459 e. The van der Waals surface area contributed by atoms with Crippen LogP contribution in [-0.2, 0) is 0 Å². The van der Waals surface area contributed by atoms with Crippen molar-refractivity contribution < 1.29 is 9.21 Å². The quantitative estimate of drug-likeness (QED) is 0.589. The van der Waals surface area contributed by atoms with Crippen molar-refractivity contribution >= 4 is 12.1 Å². The van der Waals surface area contributed by atoms with Gasteiger partial charge in [-0.25, -0.2) is 5.43 Å². The fraction of sp³-hybridized carbons (Fsp3) is 0.400. The first-order valence-corrected chi connectivity index (χ1v) is 4.55. The van der Waals surface area contributed by atoms with Crippen LogP contribution in [0.4, 0.5) is 0 Å². The van der Waals surface area contributed by atoms with Crippen LogP contribution >= 0.6 is 0 Å². The minimum absolute atomic E-state index is 0.270. The lowest BCUT2D eigenvalue weighted by atomic mass is 10.2. The second kappa shape index (κ2) is 5.21. The lowest BCUT2D eigenvalue weighted by Gasteiger charge is -1.97. The molecular weight excluding hydrogens is 180 g/mol. The van der Waals surface area contributed by atoms with Gasteiger partial charge in [0.2, 0.25) is 0 Å². The average Bonchev–Trinajstić information content (AvgIpc) is 2.64. The zero-order chi connectivity index (χ0) is 10.4. The van der Waals surface area contributed by atoms with Gasteiger partial charge in [-0.3, -0.25) is 4.79 Å². The molecule has 0 unspecified atom stereocenters. The first-order valence-electron chi connectivity index (χ1n) is 4.55. The van der Waals surface area contributed by atoms with Crippen LogP contribution < -0.4 is 5.43 Å². The molecule has 1 N–H and O–H groups in total. The molecule has 1 amide bonds. The van der Waals surface area contributed by atoms with Crippen LogP contribution in [0, 0.1) is 5.92 Å². The highest BCUT2D eigenvalue weighted by Gasteiger charge is 2.05. The number of carbonyl (C=O) groups excluding carboxylic acids is 1. The summed E-state index contributed by atoms with van der Waals surface area (Å²) >= 11 is 0. The van der Waals surface area contributed by atoms with E-state index in [9.17, 15) is 4.79 Å². The van der Waals surface area contributed by atoms with Crippen LogP contribution in [0.15, 0.2) is 27.9 Å². The second-order valence-electron chi connectivity index (χ2n) is 3.36. The van der Waals surface area contributed by atoms with E-state index in [0.717, 1.165) is 6.42 Å². The molecule has 1 rings (SSSR count). The molecule has 4 heteroatoms. The third kappa shape index (κ3) is 3.43. The van der Waals surface area contributed by atoms with Gasteiger partial charge in [-0.15, -0.1) is 0 Å². The number of amides is 1. The molecule has 0 saturated carbocycles. The molecule has 4 nitrogen and oxygen atoms in total. The number of hydrazone groups is 1. The van der Waals surface area contributed by atoms with E-state index >= 15 is 0 Å². The lowest BCUT2D eigenvalue weighted by molar-refractivity contribution is 0.0927. The molecule has 0 aromatic carbocycles. The second-order valence-corrected chi connectivity index (χ2v) is 3.36. The van der Waals surface area contributed by atoms with Crippen molar-refractivity contribution in [3.63, 3.8) is 0 Å². The van der Waals surface area contributed by atoms with Crippen molar-refractivity contribution in [2.24, 2.45) is 11.0 Å². The van der Waals surface area contributed by atoms with Gasteiger partial charge < -0.3 is 4.42 Å². The average molecular weight is 194 g/mol. The van der Waals surface area contributed by atoms with Gasteiger partial charge in [0.15, 0.2) is 5.76 Å². The highest BCUT2D eigenvalue weighted by Crippen LogP contribution is 1.99. The van der Waals surface area contributed by atoms with Gasteiger partial charge in [0.1, 0.15) is 0 Å². The molecule has 0 atom stereocenters. The zero-order valence-electron chi connectivity index (χ0n) is 8.36. The molecule has 0 aliphatic heterocycles. The number of rotatable bonds is 4. The highest BCUT2D eigenvalue weighted by molar-refractivity contribution is 5.91. The number of carbonyl (C=O) groups is 1. The van der Waals surface area contributed by atoms with Crippen molar-refractivity contribution in [1.82, 2.24) is 5.43 Å². The van der Waals surface area contributed by atoms with Gasteiger partial charge in [-0.1, -0.05) is 13.8 Å². The Morgan fingerprint density at radius 2 is 2.50 bits per heavy atom. The predicted octanol–water partition coefficient (Wildman–Crippen LogP) is 2.04. The number of hydrogen-bond acceptors (Lipinski definition) is 3. The summed E-state index contributed by atoms with van der Waals surface area (Å²) in [5, 5.41) is 3.78. The molecule has 0 bridgehead atoms. The standard InChI is InChI=1S/C10H14N2O2/c1-8(2)5-6-11-12-10(13)9-4-3-7-14-9/h3-4,6-8H,5H2,1-2H3,(H,12,13)/b11-6-. The number of furan rings is 1. The summed E-state index contributed by atoms with van der Waals surface area (Å²) in [6.07, 6.45) is 3.98. The number of nitrogens with one attached hydrogen (secondary N) is 1. The van der Waals surface area contributed by atoms with Crippen molar-refractivity contribution in [3.8, 4) is 0 Å². The smallest absolute Gasteiger partial charge is 0.307 e. The first-order chi connectivity index (χ1) is 6.70. The van der Waals surface area contributed by atoms with Gasteiger partial charge in [-0.05, 0) is 24.5 Å². The van der Waals surface area contributed by atoms with Gasteiger partial charge in [0, 0.05) is 6.21 Å². The summed E-state index contributed by atoms with van der Waals surface area (Å²) in [5.41, 5.74) is 2.38. The summed E-state index contributed by atoms with van der Waals surface area (Å²) in [6.45, 7) is 4.17. The summed E-state index contributed by atoms with van der Waals surface area (Å²) in [6, 6.07) is 3.25. The Morgan fingerprint density at radius 1 is 1.71 bits per heavy atom. The number of nitrogens with zero attached hydrogens (tertiary/aromatic N) is 1. The Kier molecular flexibility index (Phi) is 3.91. The minimum atomic E-state index is -0.324. The Hall–Kier alpha value is -1.58. The third-order valence-electron chi connectivity index (χ3n) is 1.58. The van der Waals surface area contributed by atoms with E-state index in [4.69, 9.17) is 4.42 Å². The molecule has 76 valence electrons. The van der Waals surface area contributed by atoms with Gasteiger partial charge in [0.25, 0.3) is 0 Å². The monoisotopic (exact) mass is 194 g/mol. The fourth-order valence-electron chi connectivity index (χ4n) is 0.831. The highest BCUT2D eigenvalue weighted by atomic mass is 16.3. The van der Waals surface area contributed by atoms with Crippen LogP contribution in [-0.4, -0.2) is 12.1 Å². The molecular formula is C10H14N2O2. The molecule has 0 aliphatic rings. The maximum atomic E-state index is 11.2. The maximum absolute atomic E-state index is 11.2. The predicted molar refractivity (Wildman–Crippen MR) is 54.1 cm³/mol. The van der Waals surface area contributed by atoms with E-state index in [0.29, 0.717) is 5.92 Å². The third-order valence-corrected chi connectivity index (χ3v) is 1.58. The molecule has 14 heavy (non-hydrogen) atoms. The fourth-order valence-corrected chi connectivity index (χ4v) is 0.831. The van der Waals surface area contributed by atoms with Crippen molar-refractivity contribution in [2.45, 2.75) is 20.3 Å². The maximum Gasteiger partial charge on any atom is 0.307 e. The van der Waals surface area contributed by atoms with E-state index in [-0.39, 0.29) is 11.7 Å². The van der Waals surface area contributed by atoms with Crippen LogP contribution in [0.3, 0.4) is 0 Å².